The molecule has 13 heteroatoms. The number of imidazole rings is 1. The first-order valence-electron chi connectivity index (χ1n) is 12.9. The SMILES string of the molecule is C1CC1.FC1(F)CCCCC1.O=C(CCC(F)(F)F)NCc1cnn2cc(CNC(=O)C3(F)CC3)nc2c1. The van der Waals surface area contributed by atoms with Crippen LogP contribution in [0.5, 0.6) is 0 Å². The molecule has 3 aliphatic carbocycles. The maximum atomic E-state index is 13.6. The molecule has 0 aromatic carbocycles. The molecule has 3 saturated carbocycles. The summed E-state index contributed by atoms with van der Waals surface area (Å²) >= 11 is 0. The first kappa shape index (κ1) is 29.7. The van der Waals surface area contributed by atoms with E-state index >= 15 is 0 Å². The van der Waals surface area contributed by atoms with Gasteiger partial charge in [-0.2, -0.15) is 18.3 Å². The Morgan fingerprint density at radius 2 is 1.55 bits per heavy atom. The second-order valence-electron chi connectivity index (χ2n) is 9.92. The molecule has 2 N–H and O–H groups in total. The normalized spacial score (nSPS) is 18.8. The van der Waals surface area contributed by atoms with Gasteiger partial charge in [0, 0.05) is 25.8 Å². The zero-order valence-electron chi connectivity index (χ0n) is 21.1. The van der Waals surface area contributed by atoms with Gasteiger partial charge in [-0.05, 0) is 37.3 Å². The van der Waals surface area contributed by atoms with E-state index in [1.54, 1.807) is 12.3 Å². The monoisotopic (exact) mass is 549 g/mol. The van der Waals surface area contributed by atoms with Crippen molar-refractivity contribution in [3.63, 3.8) is 0 Å². The summed E-state index contributed by atoms with van der Waals surface area (Å²) in [4.78, 5) is 27.3. The van der Waals surface area contributed by atoms with Crippen molar-refractivity contribution in [2.45, 2.75) is 108 Å². The van der Waals surface area contributed by atoms with Crippen LogP contribution in [-0.4, -0.2) is 44.2 Å². The summed E-state index contributed by atoms with van der Waals surface area (Å²) in [6.07, 6.45) is 4.44. The number of hydrogen-bond donors (Lipinski definition) is 2. The van der Waals surface area contributed by atoms with Gasteiger partial charge in [-0.15, -0.1) is 0 Å². The maximum Gasteiger partial charge on any atom is 0.389 e. The molecule has 5 rings (SSSR count). The molecule has 0 spiro atoms. The van der Waals surface area contributed by atoms with Crippen molar-refractivity contribution in [1.82, 2.24) is 25.2 Å². The van der Waals surface area contributed by atoms with Crippen molar-refractivity contribution < 1.29 is 35.9 Å². The molecular formula is C25H33F6N5O2. The highest BCUT2D eigenvalue weighted by Crippen LogP contribution is 2.39. The molecule has 2 aromatic rings. The van der Waals surface area contributed by atoms with E-state index in [0.29, 0.717) is 29.7 Å². The number of halogens is 6. The summed E-state index contributed by atoms with van der Waals surface area (Å²) < 4.78 is 75.7. The molecule has 212 valence electrons. The summed E-state index contributed by atoms with van der Waals surface area (Å²) in [6, 6.07) is 1.61. The number of carbonyl (C=O) groups is 2. The predicted molar refractivity (Wildman–Crippen MR) is 127 cm³/mol. The van der Waals surface area contributed by atoms with E-state index in [4.69, 9.17) is 0 Å². The van der Waals surface area contributed by atoms with Crippen molar-refractivity contribution in [2.75, 3.05) is 0 Å². The Bertz CT molecular complexity index is 1070. The number of nitrogens with one attached hydrogen (secondary N) is 2. The number of fused-ring (bicyclic) bond motifs is 1. The largest absolute Gasteiger partial charge is 0.389 e. The standard InChI is InChI=1S/C16H17F4N5O2.C6H10F2.C3H6/c17-15(3-4-15)14(27)22-8-11-9-25-12(24-11)5-10(7-23-25)6-21-13(26)1-2-16(18,19)20;7-6(8)4-2-1-3-5-6;1-2-3-1/h5,7,9H,1-4,6,8H2,(H,21,26)(H,22,27);1-5H2;1-3H2. The zero-order valence-corrected chi connectivity index (χ0v) is 21.1. The van der Waals surface area contributed by atoms with Gasteiger partial charge in [0.05, 0.1) is 31.1 Å². The van der Waals surface area contributed by atoms with Gasteiger partial charge in [-0.3, -0.25) is 9.59 Å². The lowest BCUT2D eigenvalue weighted by Crippen LogP contribution is -2.32. The molecule has 0 bridgehead atoms. The number of hydrogen-bond acceptors (Lipinski definition) is 4. The highest BCUT2D eigenvalue weighted by atomic mass is 19.4. The summed E-state index contributed by atoms with van der Waals surface area (Å²) in [5.41, 5.74) is -0.284. The quantitative estimate of drug-likeness (QED) is 0.443. The molecule has 0 unspecified atom stereocenters. The summed E-state index contributed by atoms with van der Waals surface area (Å²) in [5, 5.41) is 8.96. The molecule has 0 radical (unpaired) electrons. The van der Waals surface area contributed by atoms with Crippen molar-refractivity contribution in [3.8, 4) is 0 Å². The summed E-state index contributed by atoms with van der Waals surface area (Å²) in [6.45, 7) is 0.0703. The highest BCUT2D eigenvalue weighted by molar-refractivity contribution is 5.87. The van der Waals surface area contributed by atoms with Gasteiger partial charge in [-0.25, -0.2) is 22.7 Å². The second-order valence-corrected chi connectivity index (χ2v) is 9.92. The maximum absolute atomic E-state index is 13.6. The predicted octanol–water partition coefficient (Wildman–Crippen LogP) is 5.56. The molecule has 0 aliphatic heterocycles. The third kappa shape index (κ3) is 10.9. The highest BCUT2D eigenvalue weighted by Gasteiger charge is 2.50. The molecule has 2 amide bonds. The van der Waals surface area contributed by atoms with Gasteiger partial charge in [0.2, 0.25) is 11.8 Å². The zero-order chi connectivity index (χ0) is 27.8. The number of amides is 2. The van der Waals surface area contributed by atoms with Crippen molar-refractivity contribution >= 4 is 17.5 Å². The molecule has 3 fully saturated rings. The first-order chi connectivity index (χ1) is 17.9. The minimum atomic E-state index is -4.37. The van der Waals surface area contributed by atoms with Crippen LogP contribution in [0.3, 0.4) is 0 Å². The molecule has 2 aromatic heterocycles. The van der Waals surface area contributed by atoms with E-state index in [2.05, 4.69) is 20.7 Å². The van der Waals surface area contributed by atoms with Gasteiger partial charge in [-0.1, -0.05) is 25.7 Å². The topological polar surface area (TPSA) is 88.4 Å². The fourth-order valence-electron chi connectivity index (χ4n) is 3.43. The van der Waals surface area contributed by atoms with E-state index in [0.717, 1.165) is 6.42 Å². The number of nitrogens with zero attached hydrogens (tertiary/aromatic N) is 3. The Balaban J connectivity index is 0.000000299. The Kier molecular flexibility index (Phi) is 10.00. The molecule has 3 aliphatic rings. The molecular weight excluding hydrogens is 516 g/mol. The van der Waals surface area contributed by atoms with E-state index < -0.39 is 42.4 Å². The Labute approximate surface area is 216 Å². The molecule has 0 atom stereocenters. The Hall–Kier alpha value is -2.86. The van der Waals surface area contributed by atoms with E-state index in [1.807, 2.05) is 0 Å². The van der Waals surface area contributed by atoms with Crippen molar-refractivity contribution in [1.29, 1.82) is 0 Å². The van der Waals surface area contributed by atoms with Gasteiger partial charge < -0.3 is 10.6 Å². The van der Waals surface area contributed by atoms with Crippen LogP contribution in [0.25, 0.3) is 5.65 Å². The Morgan fingerprint density at radius 1 is 0.921 bits per heavy atom. The Morgan fingerprint density at radius 3 is 2.08 bits per heavy atom. The van der Waals surface area contributed by atoms with Crippen LogP contribution in [0.1, 0.15) is 88.3 Å². The minimum Gasteiger partial charge on any atom is -0.352 e. The van der Waals surface area contributed by atoms with Crippen LogP contribution >= 0.6 is 0 Å². The third-order valence-electron chi connectivity index (χ3n) is 6.02. The first-order valence-corrected chi connectivity index (χ1v) is 12.9. The van der Waals surface area contributed by atoms with Crippen molar-refractivity contribution in [3.05, 3.63) is 29.7 Å². The van der Waals surface area contributed by atoms with Crippen LogP contribution in [0.2, 0.25) is 0 Å². The number of rotatable bonds is 7. The van der Waals surface area contributed by atoms with E-state index in [1.165, 1.54) is 30.0 Å². The molecule has 7 nitrogen and oxygen atoms in total. The average Bonchev–Trinajstić information content (AvgIpc) is 3.79. The summed E-state index contributed by atoms with van der Waals surface area (Å²) in [7, 11) is 0. The lowest BCUT2D eigenvalue weighted by molar-refractivity contribution is -0.144. The van der Waals surface area contributed by atoms with Gasteiger partial charge in [0.1, 0.15) is 0 Å². The number of alkyl halides is 6. The lowest BCUT2D eigenvalue weighted by Gasteiger charge is -2.20. The fourth-order valence-corrected chi connectivity index (χ4v) is 3.43. The number of aromatic nitrogens is 3. The smallest absolute Gasteiger partial charge is 0.352 e. The molecule has 0 saturated heterocycles. The van der Waals surface area contributed by atoms with Crippen LogP contribution in [0, 0.1) is 0 Å². The van der Waals surface area contributed by atoms with Crippen LogP contribution in [0.15, 0.2) is 18.5 Å². The van der Waals surface area contributed by atoms with Gasteiger partial charge >= 0.3 is 6.18 Å². The van der Waals surface area contributed by atoms with Crippen molar-refractivity contribution in [2.24, 2.45) is 0 Å². The minimum absolute atomic E-state index is 0.0174. The number of carbonyl (C=O) groups excluding carboxylic acids is 2. The second kappa shape index (κ2) is 12.8. The van der Waals surface area contributed by atoms with Gasteiger partial charge in [0.15, 0.2) is 11.3 Å². The fraction of sp³-hybridized carbons (Fsp3) is 0.680. The average molecular weight is 550 g/mol. The molecule has 38 heavy (non-hydrogen) atoms. The van der Waals surface area contributed by atoms with E-state index in [9.17, 15) is 35.9 Å². The van der Waals surface area contributed by atoms with Crippen LogP contribution in [-0.2, 0) is 22.7 Å². The summed E-state index contributed by atoms with van der Waals surface area (Å²) in [5.74, 6) is -3.69. The van der Waals surface area contributed by atoms with Gasteiger partial charge in [0.25, 0.3) is 5.91 Å². The van der Waals surface area contributed by atoms with Crippen LogP contribution < -0.4 is 10.6 Å². The molecule has 2 heterocycles. The van der Waals surface area contributed by atoms with E-state index in [-0.39, 0.29) is 38.8 Å². The lowest BCUT2D eigenvalue weighted by atomic mass is 9.97. The third-order valence-corrected chi connectivity index (χ3v) is 6.02. The van der Waals surface area contributed by atoms with Crippen LogP contribution in [0.4, 0.5) is 26.3 Å².